The summed E-state index contributed by atoms with van der Waals surface area (Å²) in [4.78, 5) is 40.5. The lowest BCUT2D eigenvalue weighted by Crippen LogP contribution is -2.35. The van der Waals surface area contributed by atoms with Crippen LogP contribution in [-0.2, 0) is 9.59 Å². The minimum atomic E-state index is -1.34. The van der Waals surface area contributed by atoms with Crippen molar-refractivity contribution in [2.45, 2.75) is 13.3 Å². The smallest absolute Gasteiger partial charge is 0.312 e. The zero-order valence-electron chi connectivity index (χ0n) is 11.4. The third-order valence-corrected chi connectivity index (χ3v) is 4.69. The normalized spacial score (nSPS) is 29.9. The lowest BCUT2D eigenvalue weighted by atomic mass is 9.97. The summed E-state index contributed by atoms with van der Waals surface area (Å²) in [5.74, 6) is -2.67. The molecule has 2 aliphatic rings. The van der Waals surface area contributed by atoms with Crippen molar-refractivity contribution in [1.82, 2.24) is 9.88 Å². The zero-order chi connectivity index (χ0) is 15.4. The van der Waals surface area contributed by atoms with Gasteiger partial charge in [0.15, 0.2) is 0 Å². The molecule has 21 heavy (non-hydrogen) atoms. The summed E-state index contributed by atoms with van der Waals surface area (Å²) < 4.78 is 0. The second kappa shape index (κ2) is 4.03. The molecular formula is C14H14N2O5. The third kappa shape index (κ3) is 1.60. The molecule has 0 bridgehead atoms. The average molecular weight is 290 g/mol. The monoisotopic (exact) mass is 290 g/mol. The van der Waals surface area contributed by atoms with Gasteiger partial charge in [-0.25, -0.2) is 0 Å². The molecule has 0 aromatic carbocycles. The maximum atomic E-state index is 12.5. The van der Waals surface area contributed by atoms with Gasteiger partial charge in [-0.1, -0.05) is 0 Å². The molecule has 1 aliphatic carbocycles. The molecule has 1 saturated heterocycles. The molecule has 1 aromatic heterocycles. The Kier molecular flexibility index (Phi) is 2.60. The summed E-state index contributed by atoms with van der Waals surface area (Å²) in [6.45, 7) is 1.62. The van der Waals surface area contributed by atoms with E-state index in [4.69, 9.17) is 0 Å². The number of hydrogen-bond donors (Lipinski definition) is 2. The van der Waals surface area contributed by atoms with Gasteiger partial charge in [-0.2, -0.15) is 0 Å². The summed E-state index contributed by atoms with van der Waals surface area (Å²) in [6.07, 6.45) is 3.06. The third-order valence-electron chi connectivity index (χ3n) is 4.69. The summed E-state index contributed by atoms with van der Waals surface area (Å²) in [5.41, 5.74) is -1.58. The fourth-order valence-electron chi connectivity index (χ4n) is 3.29. The van der Waals surface area contributed by atoms with Crippen LogP contribution in [0.25, 0.3) is 0 Å². The topological polar surface area (TPSA) is 108 Å². The molecule has 0 spiro atoms. The quantitative estimate of drug-likeness (QED) is 0.833. The van der Waals surface area contributed by atoms with E-state index in [1.807, 2.05) is 0 Å². The molecule has 3 rings (SSSR count). The number of nitrogens with zero attached hydrogens (tertiary/aromatic N) is 2. The van der Waals surface area contributed by atoms with Gasteiger partial charge in [0.1, 0.15) is 10.8 Å². The second-order valence-corrected chi connectivity index (χ2v) is 5.80. The molecule has 0 radical (unpaired) electrons. The minimum Gasteiger partial charge on any atom is -0.481 e. The number of aliphatic carboxylic acids is 2. The van der Waals surface area contributed by atoms with Gasteiger partial charge in [0.2, 0.25) is 0 Å². The van der Waals surface area contributed by atoms with Crippen LogP contribution in [-0.4, -0.2) is 51.0 Å². The lowest BCUT2D eigenvalue weighted by Gasteiger charge is -2.20. The molecule has 2 N–H and O–H groups in total. The van der Waals surface area contributed by atoms with Gasteiger partial charge >= 0.3 is 11.9 Å². The Balaban J connectivity index is 1.91. The van der Waals surface area contributed by atoms with Gasteiger partial charge in [0, 0.05) is 25.5 Å². The van der Waals surface area contributed by atoms with Crippen LogP contribution in [0.4, 0.5) is 0 Å². The van der Waals surface area contributed by atoms with Crippen molar-refractivity contribution in [1.29, 1.82) is 0 Å². The van der Waals surface area contributed by atoms with Gasteiger partial charge in [0.05, 0.1) is 5.56 Å². The van der Waals surface area contributed by atoms with Crippen LogP contribution in [0.2, 0.25) is 0 Å². The molecule has 0 unspecified atom stereocenters. The number of fused-ring (bicyclic) bond motifs is 1. The summed E-state index contributed by atoms with van der Waals surface area (Å²) in [7, 11) is 0. The van der Waals surface area contributed by atoms with Crippen molar-refractivity contribution in [2.24, 2.45) is 10.8 Å². The van der Waals surface area contributed by atoms with E-state index in [1.54, 1.807) is 19.2 Å². The highest BCUT2D eigenvalue weighted by atomic mass is 16.4. The fourth-order valence-corrected chi connectivity index (χ4v) is 3.29. The number of pyridine rings is 1. The van der Waals surface area contributed by atoms with Gasteiger partial charge in [0.25, 0.3) is 5.91 Å². The van der Waals surface area contributed by atoms with Crippen molar-refractivity contribution < 1.29 is 24.6 Å². The van der Waals surface area contributed by atoms with E-state index in [0.717, 1.165) is 5.56 Å². The van der Waals surface area contributed by atoms with Crippen LogP contribution >= 0.6 is 0 Å². The van der Waals surface area contributed by atoms with Crippen molar-refractivity contribution in [2.75, 3.05) is 13.1 Å². The first-order valence-corrected chi connectivity index (χ1v) is 6.51. The van der Waals surface area contributed by atoms with Crippen molar-refractivity contribution >= 4 is 17.8 Å². The Morgan fingerprint density at radius 2 is 1.76 bits per heavy atom. The molecule has 2 atom stereocenters. The van der Waals surface area contributed by atoms with Crippen LogP contribution in [0.1, 0.15) is 22.3 Å². The van der Waals surface area contributed by atoms with Crippen molar-refractivity contribution in [3.05, 3.63) is 29.6 Å². The number of likely N-dealkylation sites (tertiary alicyclic amines) is 1. The molecule has 1 amide bonds. The van der Waals surface area contributed by atoms with E-state index in [0.29, 0.717) is 5.56 Å². The number of aromatic nitrogens is 1. The predicted molar refractivity (Wildman–Crippen MR) is 69.6 cm³/mol. The number of carbonyl (C=O) groups is 3. The largest absolute Gasteiger partial charge is 0.481 e. The fraction of sp³-hybridized carbons (Fsp3) is 0.429. The Morgan fingerprint density at radius 1 is 1.19 bits per heavy atom. The van der Waals surface area contributed by atoms with E-state index in [2.05, 4.69) is 4.98 Å². The van der Waals surface area contributed by atoms with Crippen LogP contribution in [0.5, 0.6) is 0 Å². The van der Waals surface area contributed by atoms with E-state index in [-0.39, 0.29) is 25.4 Å². The van der Waals surface area contributed by atoms with E-state index in [9.17, 15) is 24.6 Å². The van der Waals surface area contributed by atoms with Crippen molar-refractivity contribution in [3.63, 3.8) is 0 Å². The van der Waals surface area contributed by atoms with E-state index in [1.165, 1.54) is 11.1 Å². The van der Waals surface area contributed by atoms with Gasteiger partial charge in [-0.3, -0.25) is 19.4 Å². The predicted octanol–water partition coefficient (Wildman–Crippen LogP) is 0.392. The maximum absolute atomic E-state index is 12.5. The second-order valence-electron chi connectivity index (χ2n) is 5.80. The molecule has 2 fully saturated rings. The van der Waals surface area contributed by atoms with Crippen LogP contribution in [0.15, 0.2) is 18.5 Å². The van der Waals surface area contributed by atoms with Crippen LogP contribution < -0.4 is 0 Å². The van der Waals surface area contributed by atoms with Gasteiger partial charge in [-0.15, -0.1) is 0 Å². The summed E-state index contributed by atoms with van der Waals surface area (Å²) >= 11 is 0. The number of carboxylic acid groups (broad SMARTS) is 2. The molecule has 2 heterocycles. The first-order valence-electron chi connectivity index (χ1n) is 6.51. The average Bonchev–Trinajstić information content (AvgIpc) is 2.98. The summed E-state index contributed by atoms with van der Waals surface area (Å²) in [5, 5.41) is 18.7. The molecule has 1 aliphatic heterocycles. The minimum absolute atomic E-state index is 0.0677. The highest BCUT2D eigenvalue weighted by Crippen LogP contribution is 2.68. The molecular weight excluding hydrogens is 276 g/mol. The highest BCUT2D eigenvalue weighted by Gasteiger charge is 2.81. The molecule has 7 nitrogen and oxygen atoms in total. The van der Waals surface area contributed by atoms with Gasteiger partial charge in [-0.05, 0) is 25.0 Å². The standard InChI is InChI=1S/C14H14N2O5/c1-8-2-3-15-4-9(8)10(17)16-6-13(11(18)19)5-14(13,7-16)12(20)21/h2-4H,5-7H2,1H3,(H,18,19)(H,20,21)/t13-,14+. The lowest BCUT2D eigenvalue weighted by molar-refractivity contribution is -0.151. The molecule has 1 saturated carbocycles. The maximum Gasteiger partial charge on any atom is 0.312 e. The number of piperidine rings is 1. The molecule has 110 valence electrons. The summed E-state index contributed by atoms with van der Waals surface area (Å²) in [6, 6.07) is 1.68. The first-order chi connectivity index (χ1) is 9.84. The highest BCUT2D eigenvalue weighted by molar-refractivity contribution is 6.00. The van der Waals surface area contributed by atoms with Gasteiger partial charge < -0.3 is 15.1 Å². The number of aryl methyl sites for hydroxylation is 1. The number of amides is 1. The number of carbonyl (C=O) groups excluding carboxylic acids is 1. The van der Waals surface area contributed by atoms with E-state index >= 15 is 0 Å². The number of rotatable bonds is 3. The molecule has 1 aromatic rings. The number of hydrogen-bond acceptors (Lipinski definition) is 4. The number of carboxylic acids is 2. The van der Waals surface area contributed by atoms with Crippen molar-refractivity contribution in [3.8, 4) is 0 Å². The van der Waals surface area contributed by atoms with Crippen LogP contribution in [0, 0.1) is 17.8 Å². The SMILES string of the molecule is Cc1ccncc1C(=O)N1C[C@@]2(C(=O)O)C[C@@]2(C(=O)O)C1. The Bertz CT molecular complexity index is 645. The first kappa shape index (κ1) is 13.5. The zero-order valence-corrected chi connectivity index (χ0v) is 11.4. The van der Waals surface area contributed by atoms with E-state index < -0.39 is 22.8 Å². The Labute approximate surface area is 120 Å². The molecule has 7 heteroatoms. The Morgan fingerprint density at radius 3 is 2.24 bits per heavy atom. The Hall–Kier alpha value is -2.44. The van der Waals surface area contributed by atoms with Crippen LogP contribution in [0.3, 0.4) is 0 Å².